The van der Waals surface area contributed by atoms with Crippen LogP contribution in [0.2, 0.25) is 0 Å². The molecule has 0 spiro atoms. The fourth-order valence-corrected chi connectivity index (χ4v) is 3.12. The van der Waals surface area contributed by atoms with Crippen LogP contribution in [0.15, 0.2) is 24.3 Å². The lowest BCUT2D eigenvalue weighted by molar-refractivity contribution is -0.133. The Morgan fingerprint density at radius 3 is 2.29 bits per heavy atom. The molecule has 1 aromatic rings. The Morgan fingerprint density at radius 1 is 1.29 bits per heavy atom. The van der Waals surface area contributed by atoms with Gasteiger partial charge in [-0.15, -0.1) is 0 Å². The summed E-state index contributed by atoms with van der Waals surface area (Å²) in [5.74, 6) is -0.234. The minimum absolute atomic E-state index is 0.150. The molecule has 0 bridgehead atoms. The smallest absolute Gasteiger partial charge is 0.178 e. The van der Waals surface area contributed by atoms with Crippen molar-refractivity contribution in [1.82, 2.24) is 0 Å². The lowest BCUT2D eigenvalue weighted by atomic mass is 9.95. The number of hydrogen-bond acceptors (Lipinski definition) is 2. The molecule has 0 heterocycles. The van der Waals surface area contributed by atoms with E-state index in [1.165, 1.54) is 13.8 Å². The standard InChI is InChI=1S/C13H16Br2O2/c1-8-6-4-5-7-9(8)10(14)11(15)12(16)13(2,3)17/h4-7,10-11,17H,1-3H3. The first-order valence-corrected chi connectivity index (χ1v) is 7.18. The molecule has 0 aliphatic heterocycles. The van der Waals surface area contributed by atoms with E-state index in [4.69, 9.17) is 0 Å². The molecule has 4 heteroatoms. The van der Waals surface area contributed by atoms with Gasteiger partial charge in [-0.2, -0.15) is 0 Å². The van der Waals surface area contributed by atoms with Crippen molar-refractivity contribution in [2.75, 3.05) is 0 Å². The van der Waals surface area contributed by atoms with E-state index in [1.54, 1.807) is 0 Å². The zero-order chi connectivity index (χ0) is 13.2. The first kappa shape index (κ1) is 14.9. The van der Waals surface area contributed by atoms with Crippen LogP contribution in [0.5, 0.6) is 0 Å². The van der Waals surface area contributed by atoms with Gasteiger partial charge < -0.3 is 5.11 Å². The summed E-state index contributed by atoms with van der Waals surface area (Å²) in [7, 11) is 0. The first-order valence-electron chi connectivity index (χ1n) is 5.35. The molecule has 0 saturated carbocycles. The highest BCUT2D eigenvalue weighted by molar-refractivity contribution is 9.12. The highest BCUT2D eigenvalue weighted by Gasteiger charge is 2.34. The maximum absolute atomic E-state index is 12.0. The second-order valence-electron chi connectivity index (χ2n) is 4.58. The second-order valence-corrected chi connectivity index (χ2v) is 6.56. The summed E-state index contributed by atoms with van der Waals surface area (Å²) in [5.41, 5.74) is 0.831. The third-order valence-corrected chi connectivity index (χ3v) is 5.27. The Kier molecular flexibility index (Phi) is 4.93. The van der Waals surface area contributed by atoms with Gasteiger partial charge in [-0.3, -0.25) is 4.79 Å². The van der Waals surface area contributed by atoms with Gasteiger partial charge in [0.2, 0.25) is 0 Å². The molecular formula is C13H16Br2O2. The normalized spacial score (nSPS) is 15.4. The maximum Gasteiger partial charge on any atom is 0.178 e. The predicted octanol–water partition coefficient (Wildman–Crippen LogP) is 3.53. The van der Waals surface area contributed by atoms with Crippen LogP contribution in [0, 0.1) is 6.92 Å². The molecule has 1 aromatic carbocycles. The Labute approximate surface area is 119 Å². The molecule has 2 nitrogen and oxygen atoms in total. The molecule has 1 N–H and O–H groups in total. The maximum atomic E-state index is 12.0. The van der Waals surface area contributed by atoms with E-state index >= 15 is 0 Å². The number of halogens is 2. The van der Waals surface area contributed by atoms with E-state index in [0.717, 1.165) is 11.1 Å². The summed E-state index contributed by atoms with van der Waals surface area (Å²) in [4.78, 5) is 11.4. The highest BCUT2D eigenvalue weighted by atomic mass is 79.9. The van der Waals surface area contributed by atoms with Crippen molar-refractivity contribution in [2.24, 2.45) is 0 Å². The minimum Gasteiger partial charge on any atom is -0.383 e. The van der Waals surface area contributed by atoms with E-state index in [0.29, 0.717) is 0 Å². The van der Waals surface area contributed by atoms with Gasteiger partial charge in [0.15, 0.2) is 5.78 Å². The number of hydrogen-bond donors (Lipinski definition) is 1. The molecule has 0 aromatic heterocycles. The summed E-state index contributed by atoms with van der Waals surface area (Å²) in [6.07, 6.45) is 0. The van der Waals surface area contributed by atoms with Gasteiger partial charge in [0.25, 0.3) is 0 Å². The van der Waals surface area contributed by atoms with Crippen LogP contribution < -0.4 is 0 Å². The molecule has 0 saturated heterocycles. The number of aryl methyl sites for hydroxylation is 1. The van der Waals surface area contributed by atoms with E-state index in [-0.39, 0.29) is 10.6 Å². The topological polar surface area (TPSA) is 37.3 Å². The molecule has 17 heavy (non-hydrogen) atoms. The molecule has 0 radical (unpaired) electrons. The fraction of sp³-hybridized carbons (Fsp3) is 0.462. The summed E-state index contributed by atoms with van der Waals surface area (Å²) < 4.78 is 0. The van der Waals surface area contributed by atoms with Crippen LogP contribution >= 0.6 is 31.9 Å². The number of aliphatic hydroxyl groups is 1. The van der Waals surface area contributed by atoms with Crippen molar-refractivity contribution in [3.05, 3.63) is 35.4 Å². The number of carbonyl (C=O) groups is 1. The highest BCUT2D eigenvalue weighted by Crippen LogP contribution is 2.35. The molecule has 1 rings (SSSR count). The van der Waals surface area contributed by atoms with Gasteiger partial charge in [-0.1, -0.05) is 56.1 Å². The van der Waals surface area contributed by atoms with Gasteiger partial charge in [-0.25, -0.2) is 0 Å². The summed E-state index contributed by atoms with van der Waals surface area (Å²) >= 11 is 6.88. The van der Waals surface area contributed by atoms with Crippen LogP contribution in [0.25, 0.3) is 0 Å². The van der Waals surface area contributed by atoms with E-state index in [2.05, 4.69) is 31.9 Å². The number of ketones is 1. The van der Waals surface area contributed by atoms with Gasteiger partial charge in [0.1, 0.15) is 5.60 Å². The molecule has 0 aliphatic carbocycles. The molecule has 94 valence electrons. The number of carbonyl (C=O) groups excluding carboxylic acids is 1. The number of rotatable bonds is 4. The molecule has 2 unspecified atom stereocenters. The number of alkyl halides is 2. The lowest BCUT2D eigenvalue weighted by Gasteiger charge is -2.24. The van der Waals surface area contributed by atoms with Gasteiger partial charge in [0, 0.05) is 0 Å². The van der Waals surface area contributed by atoms with Gasteiger partial charge >= 0.3 is 0 Å². The third-order valence-electron chi connectivity index (χ3n) is 2.60. The Balaban J connectivity index is 2.95. The van der Waals surface area contributed by atoms with Crippen LogP contribution in [-0.2, 0) is 4.79 Å². The summed E-state index contributed by atoms with van der Waals surface area (Å²) in [6, 6.07) is 7.86. The minimum atomic E-state index is -1.33. The Hall–Kier alpha value is -0.190. The first-order chi connectivity index (χ1) is 7.75. The van der Waals surface area contributed by atoms with Crippen molar-refractivity contribution in [3.63, 3.8) is 0 Å². The largest absolute Gasteiger partial charge is 0.383 e. The SMILES string of the molecule is Cc1ccccc1C(Br)C(Br)C(=O)C(C)(C)O. The second kappa shape index (κ2) is 5.63. The monoisotopic (exact) mass is 362 g/mol. The quantitative estimate of drug-likeness (QED) is 0.831. The van der Waals surface area contributed by atoms with E-state index in [9.17, 15) is 9.90 Å². The van der Waals surface area contributed by atoms with Gasteiger partial charge in [-0.05, 0) is 31.9 Å². The number of benzene rings is 1. The lowest BCUT2D eigenvalue weighted by Crippen LogP contribution is -2.38. The fourth-order valence-electron chi connectivity index (χ4n) is 1.52. The zero-order valence-electron chi connectivity index (χ0n) is 10.1. The van der Waals surface area contributed by atoms with Crippen LogP contribution in [0.4, 0.5) is 0 Å². The Morgan fingerprint density at radius 2 is 1.82 bits per heavy atom. The predicted molar refractivity (Wildman–Crippen MR) is 76.9 cm³/mol. The summed E-state index contributed by atoms with van der Waals surface area (Å²) in [5, 5.41) is 9.72. The molecule has 0 aliphatic rings. The molecule has 2 atom stereocenters. The van der Waals surface area contributed by atoms with Crippen molar-refractivity contribution < 1.29 is 9.90 Å². The van der Waals surface area contributed by atoms with Crippen molar-refractivity contribution in [2.45, 2.75) is 36.0 Å². The average molecular weight is 364 g/mol. The van der Waals surface area contributed by atoms with Crippen LogP contribution in [0.3, 0.4) is 0 Å². The van der Waals surface area contributed by atoms with Crippen molar-refractivity contribution in [1.29, 1.82) is 0 Å². The summed E-state index contributed by atoms with van der Waals surface area (Å²) in [6.45, 7) is 5.00. The number of Topliss-reactive ketones (excluding diaryl/α,β-unsaturated/α-hetero) is 1. The Bertz CT molecular complexity index is 410. The van der Waals surface area contributed by atoms with Crippen LogP contribution in [-0.4, -0.2) is 21.3 Å². The van der Waals surface area contributed by atoms with Crippen molar-refractivity contribution in [3.8, 4) is 0 Å². The van der Waals surface area contributed by atoms with E-state index < -0.39 is 10.4 Å². The third kappa shape index (κ3) is 3.63. The van der Waals surface area contributed by atoms with Crippen molar-refractivity contribution >= 4 is 37.6 Å². The molecule has 0 amide bonds. The van der Waals surface area contributed by atoms with Crippen LogP contribution in [0.1, 0.15) is 29.8 Å². The van der Waals surface area contributed by atoms with E-state index in [1.807, 2.05) is 31.2 Å². The van der Waals surface area contributed by atoms with Gasteiger partial charge in [0.05, 0.1) is 9.65 Å². The zero-order valence-corrected chi connectivity index (χ0v) is 13.2. The molecule has 0 fully saturated rings. The molecular weight excluding hydrogens is 348 g/mol. The average Bonchev–Trinajstić information content (AvgIpc) is 2.25.